The third-order valence-corrected chi connectivity index (χ3v) is 8.05. The molecule has 0 saturated heterocycles. The Balaban J connectivity index is 1.36. The Morgan fingerprint density at radius 2 is 1.02 bits per heavy atom. The summed E-state index contributed by atoms with van der Waals surface area (Å²) in [4.78, 5) is 0. The SMILES string of the molecule is [2H]c1cc2c(-c3cccc(-c4c([2H])c([2H])c5c(oc6c([2H])c([2H])c([2H])c([2H])c65)c4[2H])c3)c3cc([2H])c([2H])cc3c(-c3ccc4ccccc4c3)c2cc1[2H]. The standard InChI is InChI=1S/C42H26O/c1-2-11-28-24-32(21-20-27(28)10-1)42-37-17-5-3-15-35(37)41(36-16-4-6-18-38(36)42)31-13-9-12-29(25-31)30-22-23-34-33-14-7-8-19-39(33)43-40(34)26-30/h1-26H/i3D,4D,5D,6D,7D,8D,14D,19D,22D,23D,26D. The maximum atomic E-state index is 9.21. The second-order valence-electron chi connectivity index (χ2n) is 10.5. The van der Waals surface area contributed by atoms with Crippen LogP contribution in [0, 0.1) is 0 Å². The number of fused-ring (bicyclic) bond motifs is 6. The number of hydrogen-bond acceptors (Lipinski definition) is 1. The lowest BCUT2D eigenvalue weighted by molar-refractivity contribution is 0.669. The van der Waals surface area contributed by atoms with Gasteiger partial charge in [-0.15, -0.1) is 0 Å². The van der Waals surface area contributed by atoms with Crippen molar-refractivity contribution < 1.29 is 19.5 Å². The van der Waals surface area contributed by atoms with Gasteiger partial charge in [-0.25, -0.2) is 0 Å². The van der Waals surface area contributed by atoms with Crippen LogP contribution in [0.25, 0.3) is 87.6 Å². The second-order valence-corrected chi connectivity index (χ2v) is 10.5. The maximum absolute atomic E-state index is 9.21. The van der Waals surface area contributed by atoms with E-state index in [9.17, 15) is 1.37 Å². The summed E-state index contributed by atoms with van der Waals surface area (Å²) in [6, 6.07) is 24.9. The van der Waals surface area contributed by atoms with Crippen LogP contribution in [-0.2, 0) is 0 Å². The molecule has 1 nitrogen and oxygen atoms in total. The molecule has 1 heterocycles. The monoisotopic (exact) mass is 557 g/mol. The third-order valence-electron chi connectivity index (χ3n) is 8.05. The van der Waals surface area contributed by atoms with Crippen molar-refractivity contribution in [2.24, 2.45) is 0 Å². The molecule has 1 heteroatoms. The van der Waals surface area contributed by atoms with Crippen LogP contribution < -0.4 is 0 Å². The summed E-state index contributed by atoms with van der Waals surface area (Å²) >= 11 is 0. The van der Waals surface area contributed by atoms with E-state index < -0.39 is 24.2 Å². The number of furan rings is 1. The minimum Gasteiger partial charge on any atom is -0.456 e. The van der Waals surface area contributed by atoms with Crippen LogP contribution in [-0.4, -0.2) is 0 Å². The van der Waals surface area contributed by atoms with Crippen molar-refractivity contribution >= 4 is 54.3 Å². The molecule has 0 aliphatic rings. The van der Waals surface area contributed by atoms with E-state index >= 15 is 0 Å². The molecule has 200 valence electrons. The molecule has 43 heavy (non-hydrogen) atoms. The van der Waals surface area contributed by atoms with Gasteiger partial charge in [-0.05, 0) is 96.0 Å². The van der Waals surface area contributed by atoms with Crippen LogP contribution in [0.3, 0.4) is 0 Å². The average molecular weight is 558 g/mol. The number of para-hydroxylation sites is 1. The van der Waals surface area contributed by atoms with Crippen molar-refractivity contribution in [3.63, 3.8) is 0 Å². The summed E-state index contributed by atoms with van der Waals surface area (Å²) in [6.45, 7) is 0. The van der Waals surface area contributed by atoms with E-state index in [2.05, 4.69) is 6.07 Å². The molecular formula is C42H26O. The normalized spacial score (nSPS) is 15.3. The quantitative estimate of drug-likeness (QED) is 0.197. The number of hydrogen-bond donors (Lipinski definition) is 0. The summed E-state index contributed by atoms with van der Waals surface area (Å²) in [5, 5.41) is 4.60. The van der Waals surface area contributed by atoms with Crippen molar-refractivity contribution in [1.82, 2.24) is 0 Å². The van der Waals surface area contributed by atoms with Crippen molar-refractivity contribution in [2.75, 3.05) is 0 Å². The molecule has 0 amide bonds. The Hall–Kier alpha value is -5.66. The highest BCUT2D eigenvalue weighted by molar-refractivity contribution is 6.22. The minimum absolute atomic E-state index is 0.00259. The van der Waals surface area contributed by atoms with Gasteiger partial charge in [0.05, 0.1) is 15.1 Å². The van der Waals surface area contributed by atoms with E-state index in [4.69, 9.17) is 18.1 Å². The summed E-state index contributed by atoms with van der Waals surface area (Å²) in [6.07, 6.45) is 0. The molecule has 9 rings (SSSR count). The maximum Gasteiger partial charge on any atom is 0.136 e. The van der Waals surface area contributed by atoms with Crippen molar-refractivity contribution in [1.29, 1.82) is 0 Å². The van der Waals surface area contributed by atoms with Gasteiger partial charge < -0.3 is 4.42 Å². The second kappa shape index (κ2) is 9.44. The lowest BCUT2D eigenvalue weighted by Gasteiger charge is -2.18. The molecule has 0 aliphatic carbocycles. The number of benzene rings is 8. The Kier molecular flexibility index (Phi) is 3.41. The van der Waals surface area contributed by atoms with Crippen molar-refractivity contribution in [2.45, 2.75) is 0 Å². The Bertz CT molecular complexity index is 3060. The fourth-order valence-electron chi connectivity index (χ4n) is 6.12. The average Bonchev–Trinajstić information content (AvgIpc) is 3.57. The van der Waals surface area contributed by atoms with Gasteiger partial charge in [-0.3, -0.25) is 0 Å². The molecule has 9 aromatic rings. The summed E-state index contributed by atoms with van der Waals surface area (Å²) < 4.78 is 101. The van der Waals surface area contributed by atoms with Gasteiger partial charge in [0.15, 0.2) is 0 Å². The minimum atomic E-state index is -0.503. The highest BCUT2D eigenvalue weighted by Crippen LogP contribution is 2.44. The van der Waals surface area contributed by atoms with Gasteiger partial charge in [-0.2, -0.15) is 0 Å². The first-order chi connectivity index (χ1) is 25.8. The topological polar surface area (TPSA) is 13.1 Å². The molecule has 1 aromatic heterocycles. The largest absolute Gasteiger partial charge is 0.456 e. The molecule has 0 atom stereocenters. The fourth-order valence-corrected chi connectivity index (χ4v) is 6.12. The summed E-state index contributed by atoms with van der Waals surface area (Å²) in [7, 11) is 0. The van der Waals surface area contributed by atoms with E-state index in [0.29, 0.717) is 38.2 Å². The van der Waals surface area contributed by atoms with Gasteiger partial charge >= 0.3 is 0 Å². The molecule has 0 unspecified atom stereocenters. The molecule has 0 bridgehead atoms. The lowest BCUT2D eigenvalue weighted by atomic mass is 9.85. The zero-order chi connectivity index (χ0) is 37.9. The summed E-state index contributed by atoms with van der Waals surface area (Å²) in [5.41, 5.74) is 2.99. The van der Waals surface area contributed by atoms with E-state index in [-0.39, 0.29) is 69.8 Å². The molecule has 0 N–H and O–H groups in total. The fraction of sp³-hybridized carbons (Fsp3) is 0. The van der Waals surface area contributed by atoms with Gasteiger partial charge in [0.1, 0.15) is 11.2 Å². The summed E-state index contributed by atoms with van der Waals surface area (Å²) in [5.74, 6) is 0. The van der Waals surface area contributed by atoms with Crippen LogP contribution in [0.2, 0.25) is 0 Å². The molecule has 0 fully saturated rings. The molecule has 0 aliphatic heterocycles. The van der Waals surface area contributed by atoms with Gasteiger partial charge in [0.2, 0.25) is 0 Å². The Labute approximate surface area is 264 Å². The molecule has 0 spiro atoms. The predicted molar refractivity (Wildman–Crippen MR) is 183 cm³/mol. The van der Waals surface area contributed by atoms with E-state index in [1.165, 1.54) is 0 Å². The van der Waals surface area contributed by atoms with Crippen LogP contribution in [0.1, 0.15) is 15.1 Å². The zero-order valence-corrected chi connectivity index (χ0v) is 22.6. The van der Waals surface area contributed by atoms with E-state index in [1.807, 2.05) is 42.5 Å². The van der Waals surface area contributed by atoms with E-state index in [1.54, 1.807) is 42.5 Å². The molecular weight excluding hydrogens is 520 g/mol. The third kappa shape index (κ3) is 3.79. The highest BCUT2D eigenvalue weighted by atomic mass is 16.3. The van der Waals surface area contributed by atoms with Crippen LogP contribution in [0.4, 0.5) is 0 Å². The van der Waals surface area contributed by atoms with Crippen LogP contribution in [0.15, 0.2) is 162 Å². The van der Waals surface area contributed by atoms with E-state index in [0.717, 1.165) is 21.9 Å². The highest BCUT2D eigenvalue weighted by Gasteiger charge is 2.17. The Morgan fingerprint density at radius 3 is 1.77 bits per heavy atom. The van der Waals surface area contributed by atoms with Gasteiger partial charge in [-0.1, -0.05) is 127 Å². The smallest absolute Gasteiger partial charge is 0.136 e. The van der Waals surface area contributed by atoms with Crippen LogP contribution >= 0.6 is 0 Å². The molecule has 8 aromatic carbocycles. The van der Waals surface area contributed by atoms with Gasteiger partial charge in [0, 0.05) is 10.8 Å². The number of rotatable bonds is 3. The lowest BCUT2D eigenvalue weighted by Crippen LogP contribution is -1.91. The zero-order valence-electron chi connectivity index (χ0n) is 33.6. The van der Waals surface area contributed by atoms with Crippen LogP contribution in [0.5, 0.6) is 0 Å². The Morgan fingerprint density at radius 1 is 0.395 bits per heavy atom. The first-order valence-corrected chi connectivity index (χ1v) is 13.9. The van der Waals surface area contributed by atoms with Crippen molar-refractivity contribution in [3.8, 4) is 33.4 Å². The first kappa shape index (κ1) is 15.5. The van der Waals surface area contributed by atoms with Crippen molar-refractivity contribution in [3.05, 3.63) is 157 Å². The first-order valence-electron chi connectivity index (χ1n) is 19.4. The van der Waals surface area contributed by atoms with Gasteiger partial charge in [0.25, 0.3) is 0 Å². The molecule has 0 saturated carbocycles. The molecule has 0 radical (unpaired) electrons. The predicted octanol–water partition coefficient (Wildman–Crippen LogP) is 12.0.